The van der Waals surface area contributed by atoms with Crippen LogP contribution in [0.1, 0.15) is 37.4 Å². The van der Waals surface area contributed by atoms with E-state index in [1.165, 1.54) is 0 Å². The summed E-state index contributed by atoms with van der Waals surface area (Å²) in [5.74, 6) is -0.745. The molecule has 1 saturated heterocycles. The highest BCUT2D eigenvalue weighted by Gasteiger charge is 2.31. The molecule has 29 heavy (non-hydrogen) atoms. The smallest absolute Gasteiger partial charge is 0.391 e. The van der Waals surface area contributed by atoms with Gasteiger partial charge in [0.05, 0.1) is 35.8 Å². The molecule has 0 aliphatic carbocycles. The van der Waals surface area contributed by atoms with Gasteiger partial charge in [0.1, 0.15) is 12.6 Å². The Balaban J connectivity index is 1.95. The quantitative estimate of drug-likeness (QED) is 0.674. The molecule has 1 aliphatic rings. The van der Waals surface area contributed by atoms with Crippen LogP contribution in [0.2, 0.25) is 0 Å². The zero-order valence-electron chi connectivity index (χ0n) is 16.2. The van der Waals surface area contributed by atoms with Crippen molar-refractivity contribution < 1.29 is 28.4 Å². The van der Waals surface area contributed by atoms with Crippen LogP contribution in [0, 0.1) is 0 Å². The van der Waals surface area contributed by atoms with Crippen molar-refractivity contribution in [3.63, 3.8) is 0 Å². The van der Waals surface area contributed by atoms with Crippen molar-refractivity contribution in [2.24, 2.45) is 0 Å². The van der Waals surface area contributed by atoms with Gasteiger partial charge in [-0.05, 0) is 24.1 Å². The van der Waals surface area contributed by atoms with E-state index >= 15 is 0 Å². The number of nitrogens with one attached hydrogen (secondary N) is 1. The molecule has 2 heterocycles. The minimum atomic E-state index is -4.53. The number of nitrogens with two attached hydrogens (primary N) is 1. The van der Waals surface area contributed by atoms with Crippen molar-refractivity contribution in [1.82, 2.24) is 15.1 Å². The Bertz CT molecular complexity index is 972. The SMILES string of the molecule is CC(C)c1nn(CC(=O)N[C@H]2C[NH2+]CC[C@H]2O)c(=O)c2ccc(C(F)(F)F)cc12. The molecule has 10 heteroatoms. The maximum atomic E-state index is 13.1. The molecule has 0 radical (unpaired) electrons. The average molecular weight is 413 g/mol. The molecule has 2 atom stereocenters. The summed E-state index contributed by atoms with van der Waals surface area (Å²) in [7, 11) is 0. The van der Waals surface area contributed by atoms with E-state index < -0.39 is 35.4 Å². The first-order chi connectivity index (χ1) is 13.6. The molecule has 0 unspecified atom stereocenters. The van der Waals surface area contributed by atoms with Crippen molar-refractivity contribution in [1.29, 1.82) is 0 Å². The second-order valence-electron chi connectivity index (χ2n) is 7.60. The normalized spacial score (nSPS) is 20.2. The van der Waals surface area contributed by atoms with Gasteiger partial charge in [-0.25, -0.2) is 4.68 Å². The number of benzene rings is 1. The number of hydrogen-bond donors (Lipinski definition) is 3. The average Bonchev–Trinajstić information content (AvgIpc) is 2.64. The Labute approximate surface area is 164 Å². The fraction of sp³-hybridized carbons (Fsp3) is 0.526. The van der Waals surface area contributed by atoms with Crippen molar-refractivity contribution in [2.75, 3.05) is 13.1 Å². The van der Waals surface area contributed by atoms with E-state index in [4.69, 9.17) is 0 Å². The van der Waals surface area contributed by atoms with E-state index in [2.05, 4.69) is 10.4 Å². The van der Waals surface area contributed by atoms with Crippen LogP contribution in [0.4, 0.5) is 13.2 Å². The summed E-state index contributed by atoms with van der Waals surface area (Å²) in [6, 6.07) is 2.48. The molecule has 1 aromatic carbocycles. The molecule has 7 nitrogen and oxygen atoms in total. The number of quaternary nitrogens is 1. The lowest BCUT2D eigenvalue weighted by Crippen LogP contribution is -2.91. The number of aliphatic hydroxyl groups excluding tert-OH is 1. The fourth-order valence-electron chi connectivity index (χ4n) is 3.51. The molecule has 0 spiro atoms. The van der Waals surface area contributed by atoms with Crippen LogP contribution < -0.4 is 16.2 Å². The number of piperidine rings is 1. The van der Waals surface area contributed by atoms with Gasteiger partial charge < -0.3 is 15.7 Å². The highest BCUT2D eigenvalue weighted by Crippen LogP contribution is 2.32. The zero-order chi connectivity index (χ0) is 21.3. The van der Waals surface area contributed by atoms with Crippen molar-refractivity contribution in [3.8, 4) is 0 Å². The highest BCUT2D eigenvalue weighted by molar-refractivity contribution is 5.85. The molecule has 1 amide bonds. The second kappa shape index (κ2) is 8.11. The van der Waals surface area contributed by atoms with Crippen LogP contribution in [0.25, 0.3) is 10.8 Å². The van der Waals surface area contributed by atoms with Gasteiger partial charge in [-0.2, -0.15) is 18.3 Å². The third kappa shape index (κ3) is 4.59. The maximum absolute atomic E-state index is 13.1. The van der Waals surface area contributed by atoms with E-state index in [0.717, 1.165) is 29.4 Å². The summed E-state index contributed by atoms with van der Waals surface area (Å²) < 4.78 is 40.2. The minimum absolute atomic E-state index is 0.0792. The third-order valence-corrected chi connectivity index (χ3v) is 5.05. The van der Waals surface area contributed by atoms with Crippen molar-refractivity contribution >= 4 is 16.7 Å². The van der Waals surface area contributed by atoms with Crippen LogP contribution in [-0.2, 0) is 17.5 Å². The number of nitrogens with zero attached hydrogens (tertiary/aromatic N) is 2. The first-order valence-electron chi connectivity index (χ1n) is 9.49. The molecule has 0 bridgehead atoms. The summed E-state index contributed by atoms with van der Waals surface area (Å²) in [5.41, 5.74) is -1.18. The lowest BCUT2D eigenvalue weighted by molar-refractivity contribution is -0.667. The number of alkyl halides is 3. The Morgan fingerprint density at radius 3 is 2.72 bits per heavy atom. The number of aliphatic hydroxyl groups is 1. The van der Waals surface area contributed by atoms with Crippen LogP contribution in [0.5, 0.6) is 0 Å². The largest absolute Gasteiger partial charge is 0.416 e. The summed E-state index contributed by atoms with van der Waals surface area (Å²) in [4.78, 5) is 25.1. The van der Waals surface area contributed by atoms with Crippen LogP contribution >= 0.6 is 0 Å². The first-order valence-corrected chi connectivity index (χ1v) is 9.49. The Morgan fingerprint density at radius 1 is 1.38 bits per heavy atom. The number of carbonyl (C=O) groups excluding carboxylic acids is 1. The number of amides is 1. The van der Waals surface area contributed by atoms with Gasteiger partial charge in [0, 0.05) is 11.8 Å². The molecule has 158 valence electrons. The number of fused-ring (bicyclic) bond motifs is 1. The number of aromatic nitrogens is 2. The number of rotatable bonds is 4. The Kier molecular flexibility index (Phi) is 5.95. The Hall–Kier alpha value is -2.46. The number of hydrogen-bond acceptors (Lipinski definition) is 4. The topological polar surface area (TPSA) is 101 Å². The predicted octanol–water partition coefficient (Wildman–Crippen LogP) is 0.352. The molecule has 0 saturated carbocycles. The molecule has 1 aliphatic heterocycles. The zero-order valence-corrected chi connectivity index (χ0v) is 16.2. The standard InChI is InChI=1S/C19H23F3N4O3/c1-10(2)17-13-7-11(19(20,21)22)3-4-12(13)18(29)26(25-17)9-16(28)24-14-8-23-6-5-15(14)27/h3-4,7,10,14-15,23,27H,5-6,8-9H2,1-2H3,(H,24,28)/p+1/t14-,15+/m0/s1. The van der Waals surface area contributed by atoms with Gasteiger partial charge in [-0.3, -0.25) is 9.59 Å². The molecular formula is C19H24F3N4O3+. The molecule has 4 N–H and O–H groups in total. The van der Waals surface area contributed by atoms with Crippen LogP contribution in [0.3, 0.4) is 0 Å². The van der Waals surface area contributed by atoms with E-state index in [1.807, 2.05) is 5.32 Å². The lowest BCUT2D eigenvalue weighted by atomic mass is 10.0. The van der Waals surface area contributed by atoms with Crippen LogP contribution in [-0.4, -0.2) is 46.0 Å². The van der Waals surface area contributed by atoms with E-state index in [1.54, 1.807) is 13.8 Å². The van der Waals surface area contributed by atoms with Gasteiger partial charge in [0.15, 0.2) is 0 Å². The van der Waals surface area contributed by atoms with E-state index in [9.17, 15) is 27.9 Å². The first kappa shape index (κ1) is 21.3. The molecule has 2 aromatic rings. The molecule has 3 rings (SSSR count). The van der Waals surface area contributed by atoms with Gasteiger partial charge >= 0.3 is 6.18 Å². The fourth-order valence-corrected chi connectivity index (χ4v) is 3.51. The van der Waals surface area contributed by atoms with Crippen molar-refractivity contribution in [3.05, 3.63) is 39.8 Å². The highest BCUT2D eigenvalue weighted by atomic mass is 19.4. The maximum Gasteiger partial charge on any atom is 0.416 e. The predicted molar refractivity (Wildman–Crippen MR) is 99.3 cm³/mol. The molecule has 1 fully saturated rings. The Morgan fingerprint density at radius 2 is 2.10 bits per heavy atom. The number of carbonyl (C=O) groups is 1. The molecular weight excluding hydrogens is 389 g/mol. The second-order valence-corrected chi connectivity index (χ2v) is 7.60. The third-order valence-electron chi connectivity index (χ3n) is 5.05. The minimum Gasteiger partial charge on any atom is -0.391 e. The van der Waals surface area contributed by atoms with Gasteiger partial charge in [-0.1, -0.05) is 13.8 Å². The van der Waals surface area contributed by atoms with Crippen molar-refractivity contribution in [2.45, 2.75) is 51.1 Å². The molecule has 1 aromatic heterocycles. The summed E-state index contributed by atoms with van der Waals surface area (Å²) >= 11 is 0. The summed E-state index contributed by atoms with van der Waals surface area (Å²) in [6.07, 6.45) is -4.63. The van der Waals surface area contributed by atoms with Gasteiger partial charge in [0.2, 0.25) is 5.91 Å². The van der Waals surface area contributed by atoms with E-state index in [0.29, 0.717) is 18.7 Å². The summed E-state index contributed by atoms with van der Waals surface area (Å²) in [6.45, 7) is 4.44. The van der Waals surface area contributed by atoms with Gasteiger partial charge in [-0.15, -0.1) is 0 Å². The van der Waals surface area contributed by atoms with Crippen LogP contribution in [0.15, 0.2) is 23.0 Å². The van der Waals surface area contributed by atoms with Gasteiger partial charge in [0.25, 0.3) is 5.56 Å². The lowest BCUT2D eigenvalue weighted by Gasteiger charge is -2.26. The summed E-state index contributed by atoms with van der Waals surface area (Å²) in [5, 5.41) is 19.1. The number of halogens is 3. The monoisotopic (exact) mass is 413 g/mol. The van der Waals surface area contributed by atoms with E-state index in [-0.39, 0.29) is 23.2 Å².